The van der Waals surface area contributed by atoms with Crippen molar-refractivity contribution in [2.75, 3.05) is 0 Å². The molecule has 0 spiro atoms. The number of cyclic esters (lactones) is 2. The Morgan fingerprint density at radius 3 is 2.91 bits per heavy atom. The lowest BCUT2D eigenvalue weighted by Gasteiger charge is -2.07. The Balaban J connectivity index is 2.52. The smallest absolute Gasteiger partial charge is 0.349 e. The average Bonchev–Trinajstić information content (AvgIpc) is 2.34. The summed E-state index contributed by atoms with van der Waals surface area (Å²) >= 11 is 0. The first kappa shape index (κ1) is 6.15. The summed E-state index contributed by atoms with van der Waals surface area (Å²) in [5.41, 5.74) is 0.954. The minimum Gasteiger partial charge on any atom is -0.471 e. The molecule has 0 radical (unpaired) electrons. The lowest BCUT2D eigenvalue weighted by Crippen LogP contribution is -2.21. The fraction of sp³-hybridized carbons (Fsp3) is 0.143. The molecule has 11 heavy (non-hydrogen) atoms. The molecule has 1 aromatic rings. The number of furan rings is 1. The lowest BCUT2D eigenvalue weighted by atomic mass is 10.1. The van der Waals surface area contributed by atoms with Gasteiger partial charge in [0.2, 0.25) is 0 Å². The van der Waals surface area contributed by atoms with Crippen LogP contribution in [0.3, 0.4) is 0 Å². The third kappa shape index (κ3) is 0.832. The van der Waals surface area contributed by atoms with Gasteiger partial charge in [0.1, 0.15) is 11.8 Å². The molecular formula is C7H4O4. The normalized spacial score (nSPS) is 16.0. The van der Waals surface area contributed by atoms with Crippen molar-refractivity contribution in [2.24, 2.45) is 0 Å². The van der Waals surface area contributed by atoms with Gasteiger partial charge in [-0.15, -0.1) is 0 Å². The van der Waals surface area contributed by atoms with Crippen molar-refractivity contribution >= 4 is 11.9 Å². The number of fused-ring (bicyclic) bond motifs is 1. The molecule has 0 N–H and O–H groups in total. The van der Waals surface area contributed by atoms with E-state index in [1.165, 1.54) is 12.5 Å². The molecule has 0 fully saturated rings. The SMILES string of the molecule is O=C1Cc2cocc2C(=O)O1. The molecule has 4 heteroatoms. The molecule has 1 aliphatic heterocycles. The number of hydrogen-bond donors (Lipinski definition) is 0. The number of rotatable bonds is 0. The van der Waals surface area contributed by atoms with Crippen LogP contribution in [0.25, 0.3) is 0 Å². The molecule has 2 heterocycles. The molecule has 56 valence electrons. The molecule has 0 aliphatic carbocycles. The van der Waals surface area contributed by atoms with E-state index < -0.39 is 11.9 Å². The lowest BCUT2D eigenvalue weighted by molar-refractivity contribution is -0.137. The van der Waals surface area contributed by atoms with Gasteiger partial charge in [-0.05, 0) is 0 Å². The summed E-state index contributed by atoms with van der Waals surface area (Å²) < 4.78 is 9.07. The van der Waals surface area contributed by atoms with Crippen LogP contribution in [-0.4, -0.2) is 11.9 Å². The molecule has 0 amide bonds. The van der Waals surface area contributed by atoms with Gasteiger partial charge in [-0.2, -0.15) is 0 Å². The predicted molar refractivity (Wildman–Crippen MR) is 32.8 cm³/mol. The quantitative estimate of drug-likeness (QED) is 0.401. The standard InChI is InChI=1S/C7H4O4/c8-6-1-4-2-10-3-5(4)7(9)11-6/h2-3H,1H2. The molecule has 0 bridgehead atoms. The van der Waals surface area contributed by atoms with Gasteiger partial charge in [0, 0.05) is 5.56 Å². The van der Waals surface area contributed by atoms with Crippen LogP contribution in [-0.2, 0) is 16.0 Å². The molecule has 1 aliphatic rings. The minimum absolute atomic E-state index is 0.123. The van der Waals surface area contributed by atoms with Gasteiger partial charge in [-0.25, -0.2) is 4.79 Å². The Hall–Kier alpha value is -1.58. The highest BCUT2D eigenvalue weighted by Crippen LogP contribution is 2.17. The van der Waals surface area contributed by atoms with Crippen molar-refractivity contribution in [3.05, 3.63) is 23.7 Å². The Labute approximate surface area is 61.8 Å². The highest BCUT2D eigenvalue weighted by molar-refractivity contribution is 6.02. The van der Waals surface area contributed by atoms with Crippen LogP contribution >= 0.6 is 0 Å². The topological polar surface area (TPSA) is 56.5 Å². The van der Waals surface area contributed by atoms with Crippen molar-refractivity contribution in [3.8, 4) is 0 Å². The second-order valence-electron chi connectivity index (χ2n) is 2.25. The van der Waals surface area contributed by atoms with Crippen LogP contribution in [0.5, 0.6) is 0 Å². The summed E-state index contributed by atoms with van der Waals surface area (Å²) in [5.74, 6) is -1.14. The molecule has 0 aromatic carbocycles. The Kier molecular flexibility index (Phi) is 1.09. The largest absolute Gasteiger partial charge is 0.471 e. The van der Waals surface area contributed by atoms with Gasteiger partial charge in [0.25, 0.3) is 0 Å². The van der Waals surface area contributed by atoms with E-state index in [1.807, 2.05) is 0 Å². The number of ether oxygens (including phenoxy) is 1. The van der Waals surface area contributed by atoms with E-state index in [2.05, 4.69) is 4.74 Å². The average molecular weight is 152 g/mol. The summed E-state index contributed by atoms with van der Waals surface area (Å²) in [6, 6.07) is 0. The van der Waals surface area contributed by atoms with Crippen molar-refractivity contribution in [1.82, 2.24) is 0 Å². The molecule has 1 aromatic heterocycles. The molecule has 0 saturated carbocycles. The van der Waals surface area contributed by atoms with Gasteiger partial charge < -0.3 is 9.15 Å². The van der Waals surface area contributed by atoms with Crippen LogP contribution in [0, 0.1) is 0 Å². The van der Waals surface area contributed by atoms with Crippen molar-refractivity contribution in [2.45, 2.75) is 6.42 Å². The Bertz CT molecular complexity index is 323. The first-order valence-corrected chi connectivity index (χ1v) is 3.07. The molecule has 0 unspecified atom stereocenters. The Morgan fingerprint density at radius 1 is 1.27 bits per heavy atom. The second-order valence-corrected chi connectivity index (χ2v) is 2.25. The molecular weight excluding hydrogens is 148 g/mol. The maximum atomic E-state index is 10.9. The van der Waals surface area contributed by atoms with Gasteiger partial charge in [0.15, 0.2) is 0 Å². The zero-order valence-electron chi connectivity index (χ0n) is 5.49. The van der Waals surface area contributed by atoms with E-state index in [1.54, 1.807) is 0 Å². The molecule has 0 atom stereocenters. The number of esters is 2. The van der Waals surface area contributed by atoms with E-state index in [9.17, 15) is 9.59 Å². The van der Waals surface area contributed by atoms with Crippen LogP contribution in [0.2, 0.25) is 0 Å². The van der Waals surface area contributed by atoms with Gasteiger partial charge in [-0.1, -0.05) is 0 Å². The highest BCUT2D eigenvalue weighted by Gasteiger charge is 2.25. The predicted octanol–water partition coefficient (Wildman–Crippen LogP) is 0.519. The van der Waals surface area contributed by atoms with Crippen molar-refractivity contribution < 1.29 is 18.7 Å². The molecule has 2 rings (SSSR count). The van der Waals surface area contributed by atoms with E-state index in [0.29, 0.717) is 11.1 Å². The van der Waals surface area contributed by atoms with Crippen LogP contribution in [0.15, 0.2) is 16.9 Å². The maximum Gasteiger partial charge on any atom is 0.349 e. The zero-order chi connectivity index (χ0) is 7.84. The fourth-order valence-electron chi connectivity index (χ4n) is 0.989. The summed E-state index contributed by atoms with van der Waals surface area (Å²) in [7, 11) is 0. The van der Waals surface area contributed by atoms with Crippen molar-refractivity contribution in [1.29, 1.82) is 0 Å². The summed E-state index contributed by atoms with van der Waals surface area (Å²) in [5, 5.41) is 0. The van der Waals surface area contributed by atoms with E-state index in [-0.39, 0.29) is 6.42 Å². The monoisotopic (exact) mass is 152 g/mol. The maximum absolute atomic E-state index is 10.9. The number of carbonyl (C=O) groups is 2. The summed E-state index contributed by atoms with van der Waals surface area (Å²) in [6.45, 7) is 0. The van der Waals surface area contributed by atoms with E-state index in [4.69, 9.17) is 4.42 Å². The minimum atomic E-state index is -0.620. The second kappa shape index (κ2) is 1.95. The van der Waals surface area contributed by atoms with Gasteiger partial charge in [0.05, 0.1) is 12.7 Å². The highest BCUT2D eigenvalue weighted by atomic mass is 16.6. The number of carbonyl (C=O) groups excluding carboxylic acids is 2. The molecule has 4 nitrogen and oxygen atoms in total. The first-order chi connectivity index (χ1) is 5.27. The number of hydrogen-bond acceptors (Lipinski definition) is 4. The third-order valence-corrected chi connectivity index (χ3v) is 1.50. The molecule has 0 saturated heterocycles. The third-order valence-electron chi connectivity index (χ3n) is 1.50. The van der Waals surface area contributed by atoms with E-state index in [0.717, 1.165) is 0 Å². The Morgan fingerprint density at radius 2 is 2.09 bits per heavy atom. The van der Waals surface area contributed by atoms with Crippen molar-refractivity contribution in [3.63, 3.8) is 0 Å². The van der Waals surface area contributed by atoms with Crippen LogP contribution < -0.4 is 0 Å². The van der Waals surface area contributed by atoms with Crippen LogP contribution in [0.4, 0.5) is 0 Å². The zero-order valence-corrected chi connectivity index (χ0v) is 5.49. The fourth-order valence-corrected chi connectivity index (χ4v) is 0.989. The van der Waals surface area contributed by atoms with Gasteiger partial charge in [-0.3, -0.25) is 4.79 Å². The summed E-state index contributed by atoms with van der Waals surface area (Å²) in [6.07, 6.45) is 2.79. The summed E-state index contributed by atoms with van der Waals surface area (Å²) in [4.78, 5) is 21.5. The van der Waals surface area contributed by atoms with Crippen LogP contribution in [0.1, 0.15) is 15.9 Å². The van der Waals surface area contributed by atoms with E-state index >= 15 is 0 Å². The first-order valence-electron chi connectivity index (χ1n) is 3.07. The van der Waals surface area contributed by atoms with Gasteiger partial charge >= 0.3 is 11.9 Å².